The number of hydrogen-bond donors (Lipinski definition) is 0. The van der Waals surface area contributed by atoms with Crippen LogP contribution >= 0.6 is 0 Å². The van der Waals surface area contributed by atoms with Crippen molar-refractivity contribution >= 4 is 47.8 Å². The van der Waals surface area contributed by atoms with Crippen molar-refractivity contribution in [1.29, 1.82) is 0 Å². The summed E-state index contributed by atoms with van der Waals surface area (Å²) < 4.78 is 60.0. The highest BCUT2D eigenvalue weighted by Crippen LogP contribution is 2.38. The van der Waals surface area contributed by atoms with Crippen molar-refractivity contribution < 1.29 is 90.5 Å². The van der Waals surface area contributed by atoms with Gasteiger partial charge in [-0.1, -0.05) is 12.1 Å². The Kier molecular flexibility index (Phi) is 16.5. The molecule has 0 amide bonds. The van der Waals surface area contributed by atoms with Crippen LogP contribution in [0.25, 0.3) is 0 Å². The van der Waals surface area contributed by atoms with Gasteiger partial charge in [-0.2, -0.15) is 0 Å². The van der Waals surface area contributed by atoms with Gasteiger partial charge in [0.25, 0.3) is 0 Å². The van der Waals surface area contributed by atoms with Crippen LogP contribution in [0.4, 0.5) is 0 Å². The summed E-state index contributed by atoms with van der Waals surface area (Å²) in [6.45, 7) is 7.60. The minimum absolute atomic E-state index is 0.00739. The number of ether oxygens (including phenoxy) is 11. The molecular formula is C37H44O19. The van der Waals surface area contributed by atoms with E-state index in [1.54, 1.807) is 13.0 Å². The fraction of sp³-hybridized carbons (Fsp3) is 0.514. The van der Waals surface area contributed by atoms with Crippen LogP contribution in [0.5, 0.6) is 11.5 Å². The van der Waals surface area contributed by atoms with E-state index in [4.69, 9.17) is 52.1 Å². The van der Waals surface area contributed by atoms with Gasteiger partial charge in [-0.15, -0.1) is 0 Å². The highest BCUT2D eigenvalue weighted by molar-refractivity contribution is 5.90. The Hall–Kier alpha value is -5.82. The summed E-state index contributed by atoms with van der Waals surface area (Å²) in [5.74, 6) is -7.16. The molecule has 0 saturated carbocycles. The van der Waals surface area contributed by atoms with E-state index >= 15 is 0 Å². The molecule has 0 N–H and O–H groups in total. The molecule has 306 valence electrons. The molecule has 3 rings (SSSR count). The number of rotatable bonds is 15. The molecule has 19 nitrogen and oxygen atoms in total. The molecule has 1 fully saturated rings. The van der Waals surface area contributed by atoms with Crippen LogP contribution in [0.15, 0.2) is 41.7 Å². The molecule has 0 aromatic heterocycles. The lowest BCUT2D eigenvalue weighted by atomic mass is 9.86. The molecule has 56 heavy (non-hydrogen) atoms. The van der Waals surface area contributed by atoms with E-state index in [9.17, 15) is 38.4 Å². The van der Waals surface area contributed by atoms with Gasteiger partial charge in [0.15, 0.2) is 29.8 Å². The SMILES string of the molecule is C/C=C1\[C@H](O[C@@H]2O[C@H](COC(C)=O)[C@@H](OC(C)=O)[C@H](OC(C)=O)[C@H]2OC(C)=O)OC=C(C(=O)OC)[C@H]1CC(=O)OCCc1ccc(OC(C)=O)c(OC(C)=O)c1. The molecule has 0 unspecified atom stereocenters. The third-order valence-electron chi connectivity index (χ3n) is 7.87. The maximum Gasteiger partial charge on any atom is 0.337 e. The van der Waals surface area contributed by atoms with Gasteiger partial charge < -0.3 is 52.1 Å². The Morgan fingerprint density at radius 1 is 0.732 bits per heavy atom. The molecule has 1 saturated heterocycles. The first-order valence-corrected chi connectivity index (χ1v) is 17.1. The van der Waals surface area contributed by atoms with E-state index in [1.165, 1.54) is 32.1 Å². The lowest BCUT2D eigenvalue weighted by Gasteiger charge is -2.45. The molecule has 0 spiro atoms. The van der Waals surface area contributed by atoms with Crippen LogP contribution in [0, 0.1) is 5.92 Å². The van der Waals surface area contributed by atoms with E-state index in [-0.39, 0.29) is 35.7 Å². The second kappa shape index (κ2) is 20.7. The Bertz CT molecular complexity index is 1730. The summed E-state index contributed by atoms with van der Waals surface area (Å²) in [5, 5.41) is 0. The number of methoxy groups -OCH3 is 1. The normalized spacial score (nSPS) is 23.6. The summed E-state index contributed by atoms with van der Waals surface area (Å²) in [6.07, 6.45) is -6.73. The highest BCUT2D eigenvalue weighted by atomic mass is 16.8. The Labute approximate surface area is 321 Å². The van der Waals surface area contributed by atoms with E-state index in [2.05, 4.69) is 0 Å². The topological polar surface area (TPSA) is 238 Å². The first kappa shape index (κ1) is 44.6. The minimum atomic E-state index is -1.65. The lowest BCUT2D eigenvalue weighted by Crippen LogP contribution is -2.63. The van der Waals surface area contributed by atoms with Crippen molar-refractivity contribution in [1.82, 2.24) is 0 Å². The average molecular weight is 793 g/mol. The zero-order valence-electron chi connectivity index (χ0n) is 32.0. The van der Waals surface area contributed by atoms with Crippen molar-refractivity contribution in [3.63, 3.8) is 0 Å². The predicted octanol–water partition coefficient (Wildman–Crippen LogP) is 2.09. The van der Waals surface area contributed by atoms with Crippen molar-refractivity contribution in [2.45, 2.75) is 98.3 Å². The van der Waals surface area contributed by atoms with Gasteiger partial charge in [-0.3, -0.25) is 33.6 Å². The monoisotopic (exact) mass is 792 g/mol. The van der Waals surface area contributed by atoms with E-state index in [0.29, 0.717) is 5.56 Å². The van der Waals surface area contributed by atoms with E-state index in [0.717, 1.165) is 41.1 Å². The standard InChI is InChI=1S/C37H44O19/c1-9-25-26(15-31(44)47-13-12-24-10-11-28(50-19(3)39)29(14-24)51-20(4)40)27(35(45)46-8)16-49-36(25)56-37-34(54-23(7)43)33(53-22(6)42)32(52-21(5)41)30(55-37)17-48-18(2)38/h9-11,14,16,26,30,32-34,36-37H,12-13,15,17H2,1-8H3/b25-9-/t26-,30+,32+,33-,34+,36-,37-/m0/s1. The third kappa shape index (κ3) is 12.9. The van der Waals surface area contributed by atoms with Gasteiger partial charge in [-0.05, 0) is 24.6 Å². The van der Waals surface area contributed by atoms with Gasteiger partial charge >= 0.3 is 47.8 Å². The van der Waals surface area contributed by atoms with Crippen molar-refractivity contribution in [3.05, 3.63) is 47.2 Å². The molecule has 2 aliphatic heterocycles. The van der Waals surface area contributed by atoms with E-state index in [1.807, 2.05) is 0 Å². The predicted molar refractivity (Wildman–Crippen MR) is 184 cm³/mol. The van der Waals surface area contributed by atoms with Crippen molar-refractivity contribution in [2.24, 2.45) is 5.92 Å². The summed E-state index contributed by atoms with van der Waals surface area (Å²) in [4.78, 5) is 97.5. The molecule has 0 aliphatic carbocycles. The second-order valence-electron chi connectivity index (χ2n) is 12.2. The van der Waals surface area contributed by atoms with Crippen LogP contribution in [-0.2, 0) is 87.4 Å². The van der Waals surface area contributed by atoms with Crippen LogP contribution in [-0.4, -0.2) is 105 Å². The molecule has 7 atom stereocenters. The van der Waals surface area contributed by atoms with E-state index < -0.39 is 104 Å². The summed E-state index contributed by atoms with van der Waals surface area (Å²) in [5.41, 5.74) is 0.689. The molecule has 1 aromatic rings. The first-order valence-electron chi connectivity index (χ1n) is 17.1. The van der Waals surface area contributed by atoms with Gasteiger partial charge in [0.2, 0.25) is 12.6 Å². The Morgan fingerprint density at radius 3 is 1.91 bits per heavy atom. The second-order valence-corrected chi connectivity index (χ2v) is 12.2. The van der Waals surface area contributed by atoms with Crippen LogP contribution < -0.4 is 9.47 Å². The number of carbonyl (C=O) groups excluding carboxylic acids is 8. The van der Waals surface area contributed by atoms with Gasteiger partial charge in [0.1, 0.15) is 12.7 Å². The van der Waals surface area contributed by atoms with Crippen molar-refractivity contribution in [2.75, 3.05) is 20.3 Å². The number of benzene rings is 1. The fourth-order valence-electron chi connectivity index (χ4n) is 5.73. The molecule has 2 heterocycles. The number of carbonyl (C=O) groups is 8. The quantitative estimate of drug-likeness (QED) is 0.107. The van der Waals surface area contributed by atoms with Crippen LogP contribution in [0.2, 0.25) is 0 Å². The number of allylic oxidation sites excluding steroid dienone is 1. The van der Waals surface area contributed by atoms with Crippen LogP contribution in [0.1, 0.15) is 60.5 Å². The summed E-state index contributed by atoms with van der Waals surface area (Å²) in [6, 6.07) is 4.47. The maximum atomic E-state index is 13.3. The third-order valence-corrected chi connectivity index (χ3v) is 7.87. The zero-order valence-corrected chi connectivity index (χ0v) is 32.0. The first-order chi connectivity index (χ1) is 26.4. The molecule has 19 heteroatoms. The average Bonchev–Trinajstić information content (AvgIpc) is 3.09. The Balaban J connectivity index is 1.88. The maximum absolute atomic E-state index is 13.3. The minimum Gasteiger partial charge on any atom is -0.468 e. The number of hydrogen-bond acceptors (Lipinski definition) is 19. The molecule has 2 aliphatic rings. The Morgan fingerprint density at radius 2 is 1.34 bits per heavy atom. The molecule has 0 bridgehead atoms. The molecule has 0 radical (unpaired) electrons. The zero-order chi connectivity index (χ0) is 41.7. The lowest BCUT2D eigenvalue weighted by molar-refractivity contribution is -0.331. The smallest absolute Gasteiger partial charge is 0.337 e. The largest absolute Gasteiger partial charge is 0.468 e. The molecule has 1 aromatic carbocycles. The molecular weight excluding hydrogens is 748 g/mol. The van der Waals surface area contributed by atoms with Gasteiger partial charge in [0, 0.05) is 59.5 Å². The summed E-state index contributed by atoms with van der Waals surface area (Å²) in [7, 11) is 1.13. The van der Waals surface area contributed by atoms with Gasteiger partial charge in [0.05, 0.1) is 32.0 Å². The highest BCUT2D eigenvalue weighted by Gasteiger charge is 2.54. The van der Waals surface area contributed by atoms with Crippen molar-refractivity contribution in [3.8, 4) is 11.5 Å². The summed E-state index contributed by atoms with van der Waals surface area (Å²) >= 11 is 0. The van der Waals surface area contributed by atoms with Gasteiger partial charge in [-0.25, -0.2) is 4.79 Å². The fourth-order valence-corrected chi connectivity index (χ4v) is 5.73. The van der Waals surface area contributed by atoms with Crippen LogP contribution in [0.3, 0.4) is 0 Å². The number of esters is 8.